The molecule has 0 amide bonds. The Hall–Kier alpha value is -3.75. The minimum absolute atomic E-state index is 0.0131. The average molecular weight is 505 g/mol. The molecule has 0 saturated heterocycles. The molecule has 0 radical (unpaired) electrons. The zero-order valence-electron chi connectivity index (χ0n) is 20.1. The zero-order valence-corrected chi connectivity index (χ0v) is 20.9. The van der Waals surface area contributed by atoms with Gasteiger partial charge in [0.25, 0.3) is 0 Å². The van der Waals surface area contributed by atoms with Crippen molar-refractivity contribution in [1.82, 2.24) is 9.71 Å². The Labute approximate surface area is 210 Å². The van der Waals surface area contributed by atoms with E-state index >= 15 is 0 Å². The fourth-order valence-electron chi connectivity index (χ4n) is 4.08. The van der Waals surface area contributed by atoms with Crippen LogP contribution < -0.4 is 4.72 Å². The number of aromatic amines is 1. The summed E-state index contributed by atoms with van der Waals surface area (Å²) in [7, 11) is -4.10. The number of aliphatic carboxylic acids is 1. The highest BCUT2D eigenvalue weighted by Gasteiger charge is 2.26. The first-order chi connectivity index (χ1) is 17.1. The normalized spacial score (nSPS) is 12.6. The molecule has 0 fully saturated rings. The number of Topliss-reactive ketones (excluding diaryl/α,β-unsaturated/α-hetero) is 1. The third-order valence-corrected chi connectivity index (χ3v) is 7.68. The van der Waals surface area contributed by atoms with E-state index in [4.69, 9.17) is 0 Å². The van der Waals surface area contributed by atoms with Crippen molar-refractivity contribution in [2.75, 3.05) is 0 Å². The Kier molecular flexibility index (Phi) is 7.37. The van der Waals surface area contributed by atoms with Crippen molar-refractivity contribution in [2.24, 2.45) is 0 Å². The number of hydrogen-bond donors (Lipinski definition) is 3. The summed E-state index contributed by atoms with van der Waals surface area (Å²) >= 11 is 0. The second-order valence-corrected chi connectivity index (χ2v) is 10.8. The minimum Gasteiger partial charge on any atom is -0.480 e. The molecule has 0 spiro atoms. The summed E-state index contributed by atoms with van der Waals surface area (Å²) in [4.78, 5) is 27.5. The van der Waals surface area contributed by atoms with E-state index in [9.17, 15) is 23.1 Å². The lowest BCUT2D eigenvalue weighted by molar-refractivity contribution is -0.138. The van der Waals surface area contributed by atoms with E-state index in [1.165, 1.54) is 12.1 Å². The Morgan fingerprint density at radius 3 is 2.25 bits per heavy atom. The van der Waals surface area contributed by atoms with Crippen molar-refractivity contribution in [2.45, 2.75) is 43.5 Å². The first-order valence-corrected chi connectivity index (χ1v) is 13.1. The number of carboxylic acid groups (broad SMARTS) is 1. The van der Waals surface area contributed by atoms with Crippen LogP contribution in [-0.4, -0.2) is 36.3 Å². The second-order valence-electron chi connectivity index (χ2n) is 9.10. The summed E-state index contributed by atoms with van der Waals surface area (Å²) in [6.07, 6.45) is 1.81. The van der Waals surface area contributed by atoms with Crippen molar-refractivity contribution in [3.63, 3.8) is 0 Å². The van der Waals surface area contributed by atoms with Crippen LogP contribution >= 0.6 is 0 Å². The van der Waals surface area contributed by atoms with Gasteiger partial charge in [-0.2, -0.15) is 4.72 Å². The topological polar surface area (TPSA) is 116 Å². The summed E-state index contributed by atoms with van der Waals surface area (Å²) in [5.41, 5.74) is 3.97. The molecule has 7 nitrogen and oxygen atoms in total. The van der Waals surface area contributed by atoms with Crippen molar-refractivity contribution >= 4 is 32.7 Å². The standard InChI is InChI=1S/C28H28N2O5S/c1-18(2)20-9-11-21(12-10-20)27(31)15-19-7-13-23(14-8-19)36(34,35)30-26(28(32)33)16-22-17-29-25-6-4-3-5-24(22)25/h3-14,17-18,26,29-30H,15-16H2,1-2H3,(H,32,33)/t26-/m1/s1. The van der Waals surface area contributed by atoms with Crippen LogP contribution in [0.3, 0.4) is 0 Å². The van der Waals surface area contributed by atoms with Gasteiger partial charge in [-0.15, -0.1) is 0 Å². The minimum atomic E-state index is -4.10. The number of hydrogen-bond acceptors (Lipinski definition) is 4. The number of carboxylic acids is 1. The quantitative estimate of drug-likeness (QED) is 0.271. The number of aromatic nitrogens is 1. The number of carbonyl (C=O) groups excluding carboxylic acids is 1. The Bertz CT molecular complexity index is 1490. The van der Waals surface area contributed by atoms with Crippen LogP contribution in [0.2, 0.25) is 0 Å². The SMILES string of the molecule is CC(C)c1ccc(C(=O)Cc2ccc(S(=O)(=O)N[C@H](Cc3c[nH]c4ccccc34)C(=O)O)cc2)cc1. The van der Waals surface area contributed by atoms with Gasteiger partial charge >= 0.3 is 5.97 Å². The molecular formula is C28H28N2O5S. The number of para-hydroxylation sites is 1. The highest BCUT2D eigenvalue weighted by atomic mass is 32.2. The van der Waals surface area contributed by atoms with E-state index in [1.807, 2.05) is 36.4 Å². The molecule has 0 saturated carbocycles. The van der Waals surface area contributed by atoms with Gasteiger partial charge in [-0.1, -0.05) is 68.4 Å². The molecule has 8 heteroatoms. The Morgan fingerprint density at radius 2 is 1.61 bits per heavy atom. The number of benzene rings is 3. The predicted molar refractivity (Wildman–Crippen MR) is 139 cm³/mol. The maximum atomic E-state index is 12.9. The third-order valence-electron chi connectivity index (χ3n) is 6.19. The number of nitrogens with one attached hydrogen (secondary N) is 2. The van der Waals surface area contributed by atoms with Crippen LogP contribution in [0.25, 0.3) is 10.9 Å². The van der Waals surface area contributed by atoms with Crippen LogP contribution in [0, 0.1) is 0 Å². The van der Waals surface area contributed by atoms with Crippen LogP contribution in [0.15, 0.2) is 83.9 Å². The van der Waals surface area contributed by atoms with Crippen LogP contribution in [0.1, 0.15) is 46.8 Å². The molecule has 0 bridgehead atoms. The zero-order chi connectivity index (χ0) is 25.9. The summed E-state index contributed by atoms with van der Waals surface area (Å²) in [5.74, 6) is -0.960. The summed E-state index contributed by atoms with van der Waals surface area (Å²) in [6, 6.07) is 19.5. The van der Waals surface area contributed by atoms with E-state index in [1.54, 1.807) is 30.5 Å². The molecule has 36 heavy (non-hydrogen) atoms. The first kappa shape index (κ1) is 25.3. The van der Waals surface area contributed by atoms with Gasteiger partial charge in [0.2, 0.25) is 10.0 Å². The van der Waals surface area contributed by atoms with Crippen LogP contribution in [-0.2, 0) is 27.7 Å². The highest BCUT2D eigenvalue weighted by molar-refractivity contribution is 7.89. The van der Waals surface area contributed by atoms with E-state index in [2.05, 4.69) is 23.6 Å². The van der Waals surface area contributed by atoms with Gasteiger partial charge in [-0.25, -0.2) is 8.42 Å². The molecule has 3 N–H and O–H groups in total. The lowest BCUT2D eigenvalue weighted by Gasteiger charge is -2.15. The molecule has 4 rings (SSSR count). The van der Waals surface area contributed by atoms with Crippen molar-refractivity contribution in [3.05, 3.63) is 101 Å². The number of sulfonamides is 1. The highest BCUT2D eigenvalue weighted by Crippen LogP contribution is 2.21. The van der Waals surface area contributed by atoms with Crippen molar-refractivity contribution in [3.8, 4) is 0 Å². The Morgan fingerprint density at radius 1 is 0.944 bits per heavy atom. The lowest BCUT2D eigenvalue weighted by Crippen LogP contribution is -2.42. The number of H-pyrrole nitrogens is 1. The molecular weight excluding hydrogens is 476 g/mol. The van der Waals surface area contributed by atoms with Gasteiger partial charge in [0, 0.05) is 35.5 Å². The molecule has 4 aromatic rings. The third kappa shape index (κ3) is 5.72. The summed E-state index contributed by atoms with van der Waals surface area (Å²) in [6.45, 7) is 4.17. The van der Waals surface area contributed by atoms with Gasteiger partial charge in [-0.3, -0.25) is 9.59 Å². The van der Waals surface area contributed by atoms with Crippen LogP contribution in [0.5, 0.6) is 0 Å². The van der Waals surface area contributed by atoms with Gasteiger partial charge in [-0.05, 0) is 40.8 Å². The maximum absolute atomic E-state index is 12.9. The number of fused-ring (bicyclic) bond motifs is 1. The predicted octanol–water partition coefficient (Wildman–Crippen LogP) is 4.69. The molecule has 0 unspecified atom stereocenters. The number of carbonyl (C=O) groups is 2. The van der Waals surface area contributed by atoms with E-state index in [0.717, 1.165) is 16.5 Å². The van der Waals surface area contributed by atoms with E-state index in [0.29, 0.717) is 22.6 Å². The maximum Gasteiger partial charge on any atom is 0.322 e. The van der Waals surface area contributed by atoms with E-state index < -0.39 is 22.0 Å². The fourth-order valence-corrected chi connectivity index (χ4v) is 5.27. The molecule has 1 aromatic heterocycles. The first-order valence-electron chi connectivity index (χ1n) is 11.7. The summed E-state index contributed by atoms with van der Waals surface area (Å²) < 4.78 is 28.2. The van der Waals surface area contributed by atoms with Crippen molar-refractivity contribution in [1.29, 1.82) is 0 Å². The van der Waals surface area contributed by atoms with Gasteiger partial charge in [0.05, 0.1) is 4.90 Å². The van der Waals surface area contributed by atoms with Crippen LogP contribution in [0.4, 0.5) is 0 Å². The molecule has 0 aliphatic heterocycles. The lowest BCUT2D eigenvalue weighted by atomic mass is 9.98. The molecule has 1 atom stereocenters. The van der Waals surface area contributed by atoms with Crippen molar-refractivity contribution < 1.29 is 23.1 Å². The monoisotopic (exact) mass is 504 g/mol. The number of rotatable bonds is 10. The Balaban J connectivity index is 1.45. The average Bonchev–Trinajstić information content (AvgIpc) is 3.26. The largest absolute Gasteiger partial charge is 0.480 e. The fraction of sp³-hybridized carbons (Fsp3) is 0.214. The van der Waals surface area contributed by atoms with Gasteiger partial charge in [0.15, 0.2) is 5.78 Å². The molecule has 186 valence electrons. The van der Waals surface area contributed by atoms with Gasteiger partial charge in [0.1, 0.15) is 6.04 Å². The molecule has 1 heterocycles. The molecule has 3 aromatic carbocycles. The second kappa shape index (κ2) is 10.5. The summed E-state index contributed by atoms with van der Waals surface area (Å²) in [5, 5.41) is 10.5. The smallest absolute Gasteiger partial charge is 0.322 e. The van der Waals surface area contributed by atoms with E-state index in [-0.39, 0.29) is 23.5 Å². The molecule has 0 aliphatic carbocycles. The molecule has 0 aliphatic rings. The number of ketones is 1. The van der Waals surface area contributed by atoms with Gasteiger partial charge < -0.3 is 10.1 Å².